The summed E-state index contributed by atoms with van der Waals surface area (Å²) in [5, 5.41) is 11.0. The molecule has 0 radical (unpaired) electrons. The fourth-order valence-corrected chi connectivity index (χ4v) is 5.10. The van der Waals surface area contributed by atoms with Gasteiger partial charge < -0.3 is 9.84 Å². The van der Waals surface area contributed by atoms with Crippen molar-refractivity contribution in [3.63, 3.8) is 0 Å². The van der Waals surface area contributed by atoms with Gasteiger partial charge in [-0.1, -0.05) is 46.9 Å². The smallest absolute Gasteiger partial charge is 0.335 e. The summed E-state index contributed by atoms with van der Waals surface area (Å²) in [4.78, 5) is 30.6. The summed E-state index contributed by atoms with van der Waals surface area (Å²) in [6.45, 7) is 2.53. The Morgan fingerprint density at radius 1 is 1.06 bits per heavy atom. The number of likely N-dealkylation sites (N-methyl/N-ethyl adjacent to an activating group) is 1. The number of amidine groups is 1. The Morgan fingerprint density at radius 2 is 1.81 bits per heavy atom. The van der Waals surface area contributed by atoms with Gasteiger partial charge in [0.1, 0.15) is 12.4 Å². The number of carbonyl (C=O) groups excluding carboxylic acids is 1. The van der Waals surface area contributed by atoms with Crippen LogP contribution in [0.3, 0.4) is 0 Å². The summed E-state index contributed by atoms with van der Waals surface area (Å²) >= 11 is 19.8. The number of aromatic carboxylic acids is 1. The molecule has 3 aromatic rings. The van der Waals surface area contributed by atoms with Crippen molar-refractivity contribution in [2.45, 2.75) is 13.5 Å². The number of thioether (sulfide) groups is 1. The number of nitrogens with zero attached hydrogens (tertiary/aromatic N) is 2. The quantitative estimate of drug-likeness (QED) is 0.301. The Morgan fingerprint density at radius 3 is 2.44 bits per heavy atom. The Balaban J connectivity index is 1.50. The Kier molecular flexibility index (Phi) is 8.26. The van der Waals surface area contributed by atoms with Crippen LogP contribution in [-0.4, -0.2) is 33.6 Å². The first-order valence-electron chi connectivity index (χ1n) is 10.7. The maximum absolute atomic E-state index is 13.0. The van der Waals surface area contributed by atoms with Gasteiger partial charge in [-0.15, -0.1) is 0 Å². The van der Waals surface area contributed by atoms with Crippen molar-refractivity contribution >= 4 is 75.4 Å². The normalized spacial score (nSPS) is 15.7. The monoisotopic (exact) mass is 560 g/mol. The first-order chi connectivity index (χ1) is 17.2. The molecule has 0 aromatic heterocycles. The van der Waals surface area contributed by atoms with E-state index in [2.05, 4.69) is 4.99 Å². The number of carbonyl (C=O) groups is 2. The lowest BCUT2D eigenvalue weighted by atomic mass is 10.2. The Hall–Kier alpha value is -2.97. The number of amides is 1. The molecule has 184 valence electrons. The summed E-state index contributed by atoms with van der Waals surface area (Å²) in [6, 6.07) is 16.6. The highest BCUT2D eigenvalue weighted by Gasteiger charge is 2.32. The lowest BCUT2D eigenvalue weighted by Gasteiger charge is -2.12. The standard InChI is InChI=1S/C26H19Cl3N2O4S/c1-2-31-24(32)23(36-26(31)30-19-8-5-16(6-9-19)25(33)34)12-15-3-10-22(21(29)11-15)35-14-17-4-7-18(27)13-20(17)28/h3-13H,2,14H2,1H3,(H,33,34). The topological polar surface area (TPSA) is 79.2 Å². The molecular formula is C26H19Cl3N2O4S. The van der Waals surface area contributed by atoms with E-state index in [0.717, 1.165) is 11.1 Å². The van der Waals surface area contributed by atoms with Crippen molar-refractivity contribution in [2.75, 3.05) is 6.54 Å². The molecule has 1 aliphatic rings. The number of ether oxygens (including phenoxy) is 1. The van der Waals surface area contributed by atoms with Crippen molar-refractivity contribution in [2.24, 2.45) is 4.99 Å². The lowest BCUT2D eigenvalue weighted by Crippen LogP contribution is -2.28. The Labute approximate surface area is 227 Å². The Bertz CT molecular complexity index is 1390. The van der Waals surface area contributed by atoms with Gasteiger partial charge in [0.15, 0.2) is 5.17 Å². The van der Waals surface area contributed by atoms with Crippen LogP contribution in [0.1, 0.15) is 28.4 Å². The van der Waals surface area contributed by atoms with Gasteiger partial charge in [-0.05, 0) is 78.9 Å². The van der Waals surface area contributed by atoms with E-state index < -0.39 is 5.97 Å². The minimum absolute atomic E-state index is 0.169. The summed E-state index contributed by atoms with van der Waals surface area (Å²) in [7, 11) is 0. The first-order valence-corrected chi connectivity index (χ1v) is 12.7. The highest BCUT2D eigenvalue weighted by Crippen LogP contribution is 2.35. The van der Waals surface area contributed by atoms with E-state index >= 15 is 0 Å². The molecule has 4 rings (SSSR count). The molecule has 6 nitrogen and oxygen atoms in total. The van der Waals surface area contributed by atoms with E-state index in [1.807, 2.05) is 13.0 Å². The van der Waals surface area contributed by atoms with Crippen LogP contribution >= 0.6 is 46.6 Å². The first kappa shape index (κ1) is 26.1. The van der Waals surface area contributed by atoms with Crippen molar-refractivity contribution in [3.05, 3.63) is 97.3 Å². The average molecular weight is 562 g/mol. The molecule has 3 aromatic carbocycles. The molecule has 0 unspecified atom stereocenters. The molecule has 0 saturated carbocycles. The summed E-state index contributed by atoms with van der Waals surface area (Å²) in [6.07, 6.45) is 1.75. The van der Waals surface area contributed by atoms with E-state index in [-0.39, 0.29) is 18.1 Å². The maximum Gasteiger partial charge on any atom is 0.335 e. The van der Waals surface area contributed by atoms with Crippen LogP contribution in [-0.2, 0) is 11.4 Å². The lowest BCUT2D eigenvalue weighted by molar-refractivity contribution is -0.122. The number of hydrogen-bond acceptors (Lipinski definition) is 5. The molecule has 1 fully saturated rings. The average Bonchev–Trinajstić information content (AvgIpc) is 3.13. The highest BCUT2D eigenvalue weighted by molar-refractivity contribution is 8.18. The molecule has 1 N–H and O–H groups in total. The zero-order valence-corrected chi connectivity index (χ0v) is 22.0. The van der Waals surface area contributed by atoms with Crippen molar-refractivity contribution < 1.29 is 19.4 Å². The SMILES string of the molecule is CCN1C(=O)C(=Cc2ccc(OCc3ccc(Cl)cc3Cl)c(Cl)c2)SC1=Nc1ccc(C(=O)O)cc1. The van der Waals surface area contributed by atoms with Crippen LogP contribution < -0.4 is 4.74 Å². The van der Waals surface area contributed by atoms with Gasteiger partial charge in [-0.2, -0.15) is 0 Å². The highest BCUT2D eigenvalue weighted by atomic mass is 35.5. The van der Waals surface area contributed by atoms with Gasteiger partial charge in [0.25, 0.3) is 5.91 Å². The van der Waals surface area contributed by atoms with Crippen LogP contribution in [0.4, 0.5) is 5.69 Å². The predicted octanol–water partition coefficient (Wildman–Crippen LogP) is 7.55. The maximum atomic E-state index is 13.0. The van der Waals surface area contributed by atoms with Crippen LogP contribution in [0.25, 0.3) is 6.08 Å². The van der Waals surface area contributed by atoms with Gasteiger partial charge in [0.05, 0.1) is 21.2 Å². The molecule has 0 aliphatic carbocycles. The molecule has 10 heteroatoms. The number of hydrogen-bond donors (Lipinski definition) is 1. The molecule has 1 amide bonds. The second-order valence-electron chi connectivity index (χ2n) is 7.62. The second-order valence-corrected chi connectivity index (χ2v) is 9.88. The van der Waals surface area contributed by atoms with Gasteiger partial charge in [-0.25, -0.2) is 9.79 Å². The van der Waals surface area contributed by atoms with Crippen molar-refractivity contribution in [1.82, 2.24) is 4.90 Å². The van der Waals surface area contributed by atoms with Crippen LogP contribution in [0.15, 0.2) is 70.6 Å². The molecular weight excluding hydrogens is 543 g/mol. The number of carboxylic acids is 1. The van der Waals surface area contributed by atoms with E-state index in [9.17, 15) is 9.59 Å². The molecule has 1 saturated heterocycles. The third kappa shape index (κ3) is 6.05. The molecule has 0 bridgehead atoms. The molecule has 36 heavy (non-hydrogen) atoms. The van der Waals surface area contributed by atoms with E-state index in [0.29, 0.717) is 43.1 Å². The molecule has 0 atom stereocenters. The molecule has 1 heterocycles. The van der Waals surface area contributed by atoms with E-state index in [4.69, 9.17) is 44.6 Å². The minimum atomic E-state index is -1.01. The van der Waals surface area contributed by atoms with Gasteiger partial charge in [-0.3, -0.25) is 9.69 Å². The van der Waals surface area contributed by atoms with Crippen molar-refractivity contribution in [1.29, 1.82) is 0 Å². The van der Waals surface area contributed by atoms with Crippen molar-refractivity contribution in [3.8, 4) is 5.75 Å². The van der Waals surface area contributed by atoms with E-state index in [1.165, 1.54) is 23.9 Å². The van der Waals surface area contributed by atoms with Crippen LogP contribution in [0.5, 0.6) is 5.75 Å². The van der Waals surface area contributed by atoms with Gasteiger partial charge in [0.2, 0.25) is 0 Å². The third-order valence-corrected chi connectivity index (χ3v) is 7.08. The summed E-state index contributed by atoms with van der Waals surface area (Å²) in [5.41, 5.74) is 2.24. The number of halogens is 3. The number of rotatable bonds is 7. The van der Waals surface area contributed by atoms with E-state index in [1.54, 1.807) is 53.4 Å². The second kappa shape index (κ2) is 11.4. The summed E-state index contributed by atoms with van der Waals surface area (Å²) in [5.74, 6) is -0.696. The van der Waals surface area contributed by atoms with Gasteiger partial charge in [0, 0.05) is 22.2 Å². The zero-order valence-electron chi connectivity index (χ0n) is 18.9. The molecule has 0 spiro atoms. The van der Waals surface area contributed by atoms with Crippen LogP contribution in [0.2, 0.25) is 15.1 Å². The number of carboxylic acid groups (broad SMARTS) is 1. The third-order valence-electron chi connectivity index (χ3n) is 5.20. The van der Waals surface area contributed by atoms with Gasteiger partial charge >= 0.3 is 5.97 Å². The van der Waals surface area contributed by atoms with Crippen LogP contribution in [0, 0.1) is 0 Å². The molecule has 1 aliphatic heterocycles. The zero-order chi connectivity index (χ0) is 25.8. The minimum Gasteiger partial charge on any atom is -0.487 e. The number of benzene rings is 3. The fourth-order valence-electron chi connectivity index (χ4n) is 3.33. The largest absolute Gasteiger partial charge is 0.487 e. The fraction of sp³-hybridized carbons (Fsp3) is 0.115. The summed E-state index contributed by atoms with van der Waals surface area (Å²) < 4.78 is 5.81. The number of aliphatic imine (C=N–C) groups is 1. The predicted molar refractivity (Wildman–Crippen MR) is 146 cm³/mol.